The maximum atomic E-state index is 10.5. The molecule has 0 saturated heterocycles. The van der Waals surface area contributed by atoms with Crippen molar-refractivity contribution in [3.8, 4) is 0 Å². The molecule has 5 nitrogen and oxygen atoms in total. The smallest absolute Gasteiger partial charge is 0.306 e. The molecule has 0 aliphatic rings. The Hall–Kier alpha value is -1.46. The van der Waals surface area contributed by atoms with Gasteiger partial charge in [0, 0.05) is 18.8 Å². The van der Waals surface area contributed by atoms with E-state index in [1.54, 1.807) is 0 Å². The molecule has 100 valence electrons. The van der Waals surface area contributed by atoms with E-state index in [1.807, 2.05) is 36.9 Å². The van der Waals surface area contributed by atoms with E-state index in [0.717, 1.165) is 17.9 Å². The van der Waals surface area contributed by atoms with Gasteiger partial charge in [-0.05, 0) is 25.6 Å². The van der Waals surface area contributed by atoms with Crippen LogP contribution in [0.15, 0.2) is 18.2 Å². The van der Waals surface area contributed by atoms with Gasteiger partial charge < -0.3 is 10.2 Å². The van der Waals surface area contributed by atoms with Crippen molar-refractivity contribution in [1.82, 2.24) is 9.88 Å². The molecule has 1 aromatic rings. The predicted molar refractivity (Wildman–Crippen MR) is 68.2 cm³/mol. The molecule has 0 amide bonds. The fraction of sp³-hybridized carbons (Fsp3) is 0.538. The molecule has 0 spiro atoms. The summed E-state index contributed by atoms with van der Waals surface area (Å²) >= 11 is 0. The summed E-state index contributed by atoms with van der Waals surface area (Å²) in [5.74, 6) is -0.979. The second-order valence-corrected chi connectivity index (χ2v) is 4.35. The van der Waals surface area contributed by atoms with Crippen LogP contribution in [0.2, 0.25) is 0 Å². The summed E-state index contributed by atoms with van der Waals surface area (Å²) in [7, 11) is 0. The van der Waals surface area contributed by atoms with Crippen LogP contribution in [-0.4, -0.2) is 45.3 Å². The zero-order valence-corrected chi connectivity index (χ0v) is 10.8. The van der Waals surface area contributed by atoms with Gasteiger partial charge in [-0.3, -0.25) is 14.7 Å². The van der Waals surface area contributed by atoms with Crippen LogP contribution in [0.5, 0.6) is 0 Å². The Morgan fingerprint density at radius 3 is 2.78 bits per heavy atom. The predicted octanol–water partition coefficient (Wildman–Crippen LogP) is 1.05. The van der Waals surface area contributed by atoms with Gasteiger partial charge >= 0.3 is 5.97 Å². The molecule has 0 aliphatic carbocycles. The number of hydrogen-bond acceptors (Lipinski definition) is 4. The number of carboxylic acids is 1. The summed E-state index contributed by atoms with van der Waals surface area (Å²) in [5, 5.41) is 18.2. The third-order valence-corrected chi connectivity index (χ3v) is 2.66. The van der Waals surface area contributed by atoms with E-state index in [0.29, 0.717) is 13.1 Å². The van der Waals surface area contributed by atoms with E-state index < -0.39 is 12.1 Å². The van der Waals surface area contributed by atoms with Crippen LogP contribution in [0.25, 0.3) is 0 Å². The molecule has 0 aromatic carbocycles. The first kappa shape index (κ1) is 14.6. The van der Waals surface area contributed by atoms with Crippen molar-refractivity contribution in [1.29, 1.82) is 0 Å². The van der Waals surface area contributed by atoms with E-state index in [2.05, 4.69) is 4.98 Å². The number of aromatic nitrogens is 1. The number of aliphatic carboxylic acids is 1. The van der Waals surface area contributed by atoms with Crippen LogP contribution >= 0.6 is 0 Å². The lowest BCUT2D eigenvalue weighted by Gasteiger charge is -2.22. The molecule has 0 aliphatic heterocycles. The summed E-state index contributed by atoms with van der Waals surface area (Å²) in [6.07, 6.45) is -1.06. The summed E-state index contributed by atoms with van der Waals surface area (Å²) in [5.41, 5.74) is 1.88. The Labute approximate surface area is 107 Å². The summed E-state index contributed by atoms with van der Waals surface area (Å²) in [6, 6.07) is 5.80. The fourth-order valence-electron chi connectivity index (χ4n) is 1.79. The average molecular weight is 252 g/mol. The highest BCUT2D eigenvalue weighted by molar-refractivity contribution is 5.67. The van der Waals surface area contributed by atoms with Gasteiger partial charge in [-0.15, -0.1) is 0 Å². The number of aryl methyl sites for hydroxylation is 1. The van der Waals surface area contributed by atoms with Crippen molar-refractivity contribution in [3.05, 3.63) is 29.6 Å². The first-order chi connectivity index (χ1) is 8.51. The van der Waals surface area contributed by atoms with E-state index in [1.165, 1.54) is 0 Å². The zero-order valence-electron chi connectivity index (χ0n) is 10.8. The highest BCUT2D eigenvalue weighted by Gasteiger charge is 2.14. The van der Waals surface area contributed by atoms with Gasteiger partial charge in [0.1, 0.15) is 0 Å². The van der Waals surface area contributed by atoms with E-state index in [9.17, 15) is 9.90 Å². The van der Waals surface area contributed by atoms with Crippen LogP contribution in [-0.2, 0) is 11.3 Å². The van der Waals surface area contributed by atoms with Gasteiger partial charge in [-0.25, -0.2) is 0 Å². The van der Waals surface area contributed by atoms with Crippen LogP contribution < -0.4 is 0 Å². The number of likely N-dealkylation sites (N-methyl/N-ethyl adjacent to an activating group) is 1. The van der Waals surface area contributed by atoms with E-state index in [4.69, 9.17) is 5.11 Å². The van der Waals surface area contributed by atoms with Gasteiger partial charge in [-0.2, -0.15) is 0 Å². The van der Waals surface area contributed by atoms with E-state index in [-0.39, 0.29) is 6.42 Å². The number of pyridine rings is 1. The zero-order chi connectivity index (χ0) is 13.5. The second kappa shape index (κ2) is 7.08. The van der Waals surface area contributed by atoms with Gasteiger partial charge in [0.25, 0.3) is 0 Å². The molecule has 1 aromatic heterocycles. The van der Waals surface area contributed by atoms with E-state index >= 15 is 0 Å². The molecule has 18 heavy (non-hydrogen) atoms. The van der Waals surface area contributed by atoms with Crippen LogP contribution in [0.4, 0.5) is 0 Å². The molecule has 5 heteroatoms. The Morgan fingerprint density at radius 1 is 1.50 bits per heavy atom. The molecule has 1 unspecified atom stereocenters. The summed E-state index contributed by atoms with van der Waals surface area (Å²) < 4.78 is 0. The third-order valence-electron chi connectivity index (χ3n) is 2.66. The van der Waals surface area contributed by atoms with Crippen molar-refractivity contribution in [2.75, 3.05) is 13.1 Å². The standard InChI is InChI=1S/C13H20N2O3/c1-3-15(9-12(16)7-13(17)18)8-11-6-4-5-10(2)14-11/h4-6,12,16H,3,7-9H2,1-2H3,(H,17,18). The number of carboxylic acid groups (broad SMARTS) is 1. The van der Waals surface area contributed by atoms with Crippen molar-refractivity contribution in [2.24, 2.45) is 0 Å². The number of aliphatic hydroxyl groups is 1. The van der Waals surface area contributed by atoms with Crippen molar-refractivity contribution >= 4 is 5.97 Å². The lowest BCUT2D eigenvalue weighted by molar-refractivity contribution is -0.139. The molecule has 1 rings (SSSR count). The first-order valence-corrected chi connectivity index (χ1v) is 6.06. The van der Waals surface area contributed by atoms with Crippen molar-refractivity contribution in [3.63, 3.8) is 0 Å². The Bertz CT molecular complexity index is 396. The van der Waals surface area contributed by atoms with Gasteiger partial charge in [0.05, 0.1) is 18.2 Å². The van der Waals surface area contributed by atoms with Crippen molar-refractivity contribution in [2.45, 2.75) is 32.9 Å². The highest BCUT2D eigenvalue weighted by Crippen LogP contribution is 2.05. The topological polar surface area (TPSA) is 73.7 Å². The van der Waals surface area contributed by atoms with Crippen LogP contribution in [0.1, 0.15) is 24.7 Å². The fourth-order valence-corrected chi connectivity index (χ4v) is 1.79. The van der Waals surface area contributed by atoms with Crippen LogP contribution in [0, 0.1) is 6.92 Å². The van der Waals surface area contributed by atoms with Crippen molar-refractivity contribution < 1.29 is 15.0 Å². The number of nitrogens with zero attached hydrogens (tertiary/aromatic N) is 2. The minimum absolute atomic E-state index is 0.224. The number of carbonyl (C=O) groups is 1. The molecule has 0 radical (unpaired) electrons. The number of rotatable bonds is 7. The normalized spacial score (nSPS) is 12.7. The highest BCUT2D eigenvalue weighted by atomic mass is 16.4. The first-order valence-electron chi connectivity index (χ1n) is 6.06. The molecular formula is C13H20N2O3. The van der Waals surface area contributed by atoms with Gasteiger partial charge in [0.15, 0.2) is 0 Å². The second-order valence-electron chi connectivity index (χ2n) is 4.35. The molecule has 0 saturated carbocycles. The SMILES string of the molecule is CCN(Cc1cccc(C)n1)CC(O)CC(=O)O. The Morgan fingerprint density at radius 2 is 2.22 bits per heavy atom. The molecule has 1 heterocycles. The number of aliphatic hydroxyl groups excluding tert-OH is 1. The maximum Gasteiger partial charge on any atom is 0.306 e. The summed E-state index contributed by atoms with van der Waals surface area (Å²) in [4.78, 5) is 16.9. The largest absolute Gasteiger partial charge is 0.481 e. The lowest BCUT2D eigenvalue weighted by atomic mass is 10.2. The number of hydrogen-bond donors (Lipinski definition) is 2. The average Bonchev–Trinajstić information content (AvgIpc) is 2.27. The van der Waals surface area contributed by atoms with Gasteiger partial charge in [0.2, 0.25) is 0 Å². The third kappa shape index (κ3) is 5.25. The molecule has 0 bridgehead atoms. The minimum Gasteiger partial charge on any atom is -0.481 e. The summed E-state index contributed by atoms with van der Waals surface area (Å²) in [6.45, 7) is 5.61. The minimum atomic E-state index is -0.979. The quantitative estimate of drug-likeness (QED) is 0.758. The molecular weight excluding hydrogens is 232 g/mol. The van der Waals surface area contributed by atoms with Gasteiger partial charge in [-0.1, -0.05) is 13.0 Å². The molecule has 1 atom stereocenters. The Kier molecular flexibility index (Phi) is 5.74. The Balaban J connectivity index is 2.54. The monoisotopic (exact) mass is 252 g/mol. The molecule has 2 N–H and O–H groups in total. The lowest BCUT2D eigenvalue weighted by Crippen LogP contribution is -2.33. The molecule has 0 fully saturated rings. The van der Waals surface area contributed by atoms with Crippen LogP contribution in [0.3, 0.4) is 0 Å². The maximum absolute atomic E-state index is 10.5.